The Morgan fingerprint density at radius 3 is 2.15 bits per heavy atom. The van der Waals surface area contributed by atoms with Crippen molar-refractivity contribution in [2.24, 2.45) is 0 Å². The van der Waals surface area contributed by atoms with Crippen LogP contribution in [0.1, 0.15) is 38.8 Å². The molecule has 0 fully saturated rings. The summed E-state index contributed by atoms with van der Waals surface area (Å²) in [6.45, 7) is 4.65. The van der Waals surface area contributed by atoms with Crippen molar-refractivity contribution >= 4 is 11.8 Å². The minimum absolute atomic E-state index is 0.200. The van der Waals surface area contributed by atoms with E-state index in [1.165, 1.54) is 6.07 Å². The highest BCUT2D eigenvalue weighted by Crippen LogP contribution is 2.29. The van der Waals surface area contributed by atoms with Gasteiger partial charge in [-0.05, 0) is 67.4 Å². The van der Waals surface area contributed by atoms with Crippen molar-refractivity contribution in [3.8, 4) is 11.5 Å². The van der Waals surface area contributed by atoms with E-state index in [0.717, 1.165) is 5.56 Å². The molecular formula is C25H26FN3O4. The van der Waals surface area contributed by atoms with Gasteiger partial charge in [0.2, 0.25) is 0 Å². The molecule has 172 valence electrons. The number of carbonyl (C=O) groups is 2. The van der Waals surface area contributed by atoms with E-state index in [1.54, 1.807) is 49.6 Å². The maximum absolute atomic E-state index is 13.6. The fourth-order valence-corrected chi connectivity index (χ4v) is 2.97. The second-order valence-corrected chi connectivity index (χ2v) is 7.21. The molecule has 2 amide bonds. The van der Waals surface area contributed by atoms with Crippen LogP contribution in [0.5, 0.6) is 11.5 Å². The average Bonchev–Trinajstić information content (AvgIpc) is 2.83. The molecule has 1 aromatic heterocycles. The maximum Gasteiger partial charge on any atom is 0.251 e. The maximum atomic E-state index is 13.6. The van der Waals surface area contributed by atoms with E-state index in [2.05, 4.69) is 15.6 Å². The number of aromatic nitrogens is 1. The Morgan fingerprint density at radius 1 is 0.879 bits per heavy atom. The lowest BCUT2D eigenvalue weighted by Crippen LogP contribution is -2.34. The minimum atomic E-state index is -0.436. The second kappa shape index (κ2) is 11.6. The van der Waals surface area contributed by atoms with Crippen LogP contribution in [0.4, 0.5) is 4.39 Å². The summed E-state index contributed by atoms with van der Waals surface area (Å²) in [4.78, 5) is 28.6. The van der Waals surface area contributed by atoms with Crippen LogP contribution in [0.2, 0.25) is 0 Å². The van der Waals surface area contributed by atoms with Gasteiger partial charge in [-0.2, -0.15) is 0 Å². The first-order chi connectivity index (χ1) is 16.0. The molecule has 1 heterocycles. The van der Waals surface area contributed by atoms with Gasteiger partial charge in [0.1, 0.15) is 12.4 Å². The molecule has 0 aliphatic carbocycles. The first-order valence-electron chi connectivity index (χ1n) is 10.6. The molecule has 0 atom stereocenters. The lowest BCUT2D eigenvalue weighted by atomic mass is 10.1. The van der Waals surface area contributed by atoms with E-state index in [-0.39, 0.29) is 24.6 Å². The fourth-order valence-electron chi connectivity index (χ4n) is 2.97. The number of carbonyl (C=O) groups excluding carboxylic acids is 2. The molecule has 33 heavy (non-hydrogen) atoms. The third-order valence-corrected chi connectivity index (χ3v) is 4.78. The molecule has 0 saturated heterocycles. The Hall–Kier alpha value is -3.94. The van der Waals surface area contributed by atoms with Crippen molar-refractivity contribution in [1.29, 1.82) is 0 Å². The summed E-state index contributed by atoms with van der Waals surface area (Å²) in [6.07, 6.45) is 3.38. The highest BCUT2D eigenvalue weighted by molar-refractivity contribution is 5.95. The molecule has 0 aliphatic rings. The smallest absolute Gasteiger partial charge is 0.251 e. The van der Waals surface area contributed by atoms with E-state index in [0.29, 0.717) is 35.8 Å². The highest BCUT2D eigenvalue weighted by Gasteiger charge is 2.12. The zero-order valence-electron chi connectivity index (χ0n) is 18.6. The van der Waals surface area contributed by atoms with Crippen LogP contribution in [0.15, 0.2) is 60.9 Å². The van der Waals surface area contributed by atoms with E-state index >= 15 is 0 Å². The lowest BCUT2D eigenvalue weighted by molar-refractivity contribution is 0.0927. The molecule has 3 aromatic rings. The normalized spacial score (nSPS) is 10.4. The van der Waals surface area contributed by atoms with Crippen LogP contribution in [0.3, 0.4) is 0 Å². The van der Waals surface area contributed by atoms with Crippen LogP contribution >= 0.6 is 0 Å². The molecular weight excluding hydrogens is 425 g/mol. The quantitative estimate of drug-likeness (QED) is 0.459. The first kappa shape index (κ1) is 23.7. The molecule has 0 spiro atoms. The Kier molecular flexibility index (Phi) is 8.35. The van der Waals surface area contributed by atoms with Gasteiger partial charge in [-0.15, -0.1) is 0 Å². The number of hydrogen-bond acceptors (Lipinski definition) is 5. The lowest BCUT2D eigenvalue weighted by Gasteiger charge is -2.14. The van der Waals surface area contributed by atoms with Gasteiger partial charge >= 0.3 is 0 Å². The summed E-state index contributed by atoms with van der Waals surface area (Å²) in [6, 6.07) is 13.0. The molecule has 0 bridgehead atoms. The molecule has 0 aliphatic heterocycles. The van der Waals surface area contributed by atoms with E-state index in [4.69, 9.17) is 9.47 Å². The number of benzene rings is 2. The molecule has 0 radical (unpaired) electrons. The topological polar surface area (TPSA) is 89.6 Å². The largest absolute Gasteiger partial charge is 0.490 e. The van der Waals surface area contributed by atoms with Gasteiger partial charge in [-0.1, -0.05) is 6.07 Å². The monoisotopic (exact) mass is 451 g/mol. The summed E-state index contributed by atoms with van der Waals surface area (Å²) in [5.74, 6) is -0.157. The third kappa shape index (κ3) is 6.77. The van der Waals surface area contributed by atoms with Gasteiger partial charge in [-0.25, -0.2) is 4.39 Å². The van der Waals surface area contributed by atoms with E-state index in [9.17, 15) is 14.0 Å². The molecule has 2 N–H and O–H groups in total. The zero-order chi connectivity index (χ0) is 23.6. The number of nitrogens with zero attached hydrogens (tertiary/aromatic N) is 1. The number of pyridine rings is 1. The van der Waals surface area contributed by atoms with Crippen LogP contribution in [-0.2, 0) is 6.61 Å². The number of nitrogens with one attached hydrogen (secondary N) is 2. The predicted octanol–water partition coefficient (Wildman–Crippen LogP) is 3.67. The second-order valence-electron chi connectivity index (χ2n) is 7.21. The van der Waals surface area contributed by atoms with Crippen molar-refractivity contribution in [2.75, 3.05) is 19.7 Å². The summed E-state index contributed by atoms with van der Waals surface area (Å²) in [7, 11) is 0. The van der Waals surface area contributed by atoms with Gasteiger partial charge in [-0.3, -0.25) is 14.6 Å². The van der Waals surface area contributed by atoms with Crippen LogP contribution < -0.4 is 20.1 Å². The predicted molar refractivity (Wildman–Crippen MR) is 122 cm³/mol. The Bertz CT molecular complexity index is 1110. The zero-order valence-corrected chi connectivity index (χ0v) is 18.6. The van der Waals surface area contributed by atoms with E-state index < -0.39 is 11.7 Å². The first-order valence-corrected chi connectivity index (χ1v) is 10.6. The Labute approximate surface area is 192 Å². The molecule has 2 aromatic carbocycles. The minimum Gasteiger partial charge on any atom is -0.490 e. The van der Waals surface area contributed by atoms with Crippen LogP contribution in [0.25, 0.3) is 0 Å². The number of halogens is 1. The van der Waals surface area contributed by atoms with Crippen molar-refractivity contribution in [3.05, 3.63) is 89.0 Å². The number of ether oxygens (including phenoxy) is 2. The summed E-state index contributed by atoms with van der Waals surface area (Å²) < 4.78 is 25.1. The van der Waals surface area contributed by atoms with Crippen molar-refractivity contribution in [3.63, 3.8) is 0 Å². The van der Waals surface area contributed by atoms with Gasteiger partial charge < -0.3 is 20.1 Å². The number of amides is 2. The number of hydrogen-bond donors (Lipinski definition) is 2. The molecule has 0 unspecified atom stereocenters. The molecule has 3 rings (SSSR count). The SMILES string of the molecule is CCOc1cc(C(=O)NCCNC(=O)c2ccc(C)c(F)c2)ccc1OCc1ccncc1. The fraction of sp³-hybridized carbons (Fsp3) is 0.240. The Balaban J connectivity index is 1.52. The van der Waals surface area contributed by atoms with Crippen LogP contribution in [-0.4, -0.2) is 36.5 Å². The molecule has 0 saturated carbocycles. The van der Waals surface area contributed by atoms with Gasteiger partial charge in [0, 0.05) is 36.6 Å². The average molecular weight is 451 g/mol. The Morgan fingerprint density at radius 2 is 1.52 bits per heavy atom. The van der Waals surface area contributed by atoms with Crippen LogP contribution in [0, 0.1) is 12.7 Å². The summed E-state index contributed by atoms with van der Waals surface area (Å²) in [5, 5.41) is 5.40. The third-order valence-electron chi connectivity index (χ3n) is 4.78. The number of aryl methyl sites for hydroxylation is 1. The van der Waals surface area contributed by atoms with Gasteiger partial charge in [0.05, 0.1) is 6.61 Å². The summed E-state index contributed by atoms with van der Waals surface area (Å²) in [5.41, 5.74) is 2.07. The highest BCUT2D eigenvalue weighted by atomic mass is 19.1. The van der Waals surface area contributed by atoms with Crippen molar-refractivity contribution in [2.45, 2.75) is 20.5 Å². The molecule has 8 heteroatoms. The standard InChI is InChI=1S/C25H26FN3O4/c1-3-32-23-15-20(6-7-22(23)33-16-18-8-10-27-11-9-18)25(31)29-13-12-28-24(30)19-5-4-17(2)21(26)14-19/h4-11,14-15H,3,12-13,16H2,1-2H3,(H,28,30)(H,29,31). The number of rotatable bonds is 10. The summed E-state index contributed by atoms with van der Waals surface area (Å²) >= 11 is 0. The molecule has 7 nitrogen and oxygen atoms in total. The van der Waals surface area contributed by atoms with E-state index in [1.807, 2.05) is 19.1 Å². The van der Waals surface area contributed by atoms with Gasteiger partial charge in [0.15, 0.2) is 11.5 Å². The van der Waals surface area contributed by atoms with Crippen molar-refractivity contribution < 1.29 is 23.5 Å². The van der Waals surface area contributed by atoms with Gasteiger partial charge in [0.25, 0.3) is 11.8 Å². The van der Waals surface area contributed by atoms with Crippen molar-refractivity contribution in [1.82, 2.24) is 15.6 Å².